The van der Waals surface area contributed by atoms with Crippen LogP contribution in [-0.4, -0.2) is 20.3 Å². The van der Waals surface area contributed by atoms with Crippen molar-refractivity contribution in [1.82, 2.24) is 14.4 Å². The van der Waals surface area contributed by atoms with Crippen LogP contribution in [0.25, 0.3) is 38.4 Å². The molecule has 0 radical (unpaired) electrons. The number of nitrogen functional groups attached to an aromatic ring is 1. The Bertz CT molecular complexity index is 1530. The molecule has 0 aliphatic rings. The Hall–Kier alpha value is -4.25. The van der Waals surface area contributed by atoms with Crippen LogP contribution in [0.4, 0.5) is 10.2 Å². The van der Waals surface area contributed by atoms with Crippen molar-refractivity contribution in [2.45, 2.75) is 0 Å². The van der Waals surface area contributed by atoms with Gasteiger partial charge in [-0.15, -0.1) is 0 Å². The number of amides is 1. The van der Waals surface area contributed by atoms with Crippen molar-refractivity contribution < 1.29 is 9.18 Å². The number of nitrogens with zero attached hydrogens (tertiary/aromatic N) is 4. The lowest BCUT2D eigenvalue weighted by atomic mass is 9.98. The van der Waals surface area contributed by atoms with Gasteiger partial charge in [0, 0.05) is 17.0 Å². The molecule has 0 saturated carbocycles. The predicted molar refractivity (Wildman–Crippen MR) is 103 cm³/mol. The molecule has 5 rings (SSSR count). The summed E-state index contributed by atoms with van der Waals surface area (Å²) in [6.45, 7) is 0. The number of nitriles is 1. The lowest BCUT2D eigenvalue weighted by Gasteiger charge is -2.08. The van der Waals surface area contributed by atoms with E-state index in [4.69, 9.17) is 11.5 Å². The Morgan fingerprint density at radius 1 is 1.07 bits per heavy atom. The number of fused-ring (bicyclic) bond motifs is 8. The van der Waals surface area contributed by atoms with Gasteiger partial charge in [0.25, 0.3) is 5.91 Å². The van der Waals surface area contributed by atoms with Crippen LogP contribution < -0.4 is 11.5 Å². The number of rotatable bonds is 1. The zero-order valence-electron chi connectivity index (χ0n) is 14.3. The average Bonchev–Trinajstić information content (AvgIpc) is 3.05. The monoisotopic (exact) mass is 370 g/mol. The molecule has 28 heavy (non-hydrogen) atoms. The summed E-state index contributed by atoms with van der Waals surface area (Å²) in [5, 5.41) is 12.0. The Morgan fingerprint density at radius 2 is 1.82 bits per heavy atom. The van der Waals surface area contributed by atoms with E-state index in [2.05, 4.69) is 16.0 Å². The minimum atomic E-state index is -0.705. The van der Waals surface area contributed by atoms with Gasteiger partial charge in [0.05, 0.1) is 28.2 Å². The van der Waals surface area contributed by atoms with Gasteiger partial charge in [-0.2, -0.15) is 10.2 Å². The number of carbonyl (C=O) groups excluding carboxylic acids is 1. The van der Waals surface area contributed by atoms with Crippen molar-refractivity contribution in [3.05, 3.63) is 59.5 Å². The number of hydrogen-bond acceptors (Lipinski definition) is 5. The smallest absolute Gasteiger partial charge is 0.253 e. The number of halogens is 1. The van der Waals surface area contributed by atoms with Crippen LogP contribution in [0.3, 0.4) is 0 Å². The quantitative estimate of drug-likeness (QED) is 0.439. The fraction of sp³-hybridized carbons (Fsp3) is 0. The third-order valence-corrected chi connectivity index (χ3v) is 4.84. The van der Waals surface area contributed by atoms with E-state index in [1.807, 2.05) is 0 Å². The van der Waals surface area contributed by atoms with E-state index in [9.17, 15) is 14.4 Å². The predicted octanol–water partition coefficient (Wildman–Crippen LogP) is 2.88. The Labute approximate surface area is 156 Å². The third kappa shape index (κ3) is 2.04. The number of imidazole rings is 1. The van der Waals surface area contributed by atoms with E-state index in [0.717, 1.165) is 5.39 Å². The highest BCUT2D eigenvalue weighted by Gasteiger charge is 2.18. The standard InChI is InChI=1S/C20H11FN6O/c21-10-2-4-12-14(6-10)13-5-9(7-22)1-3-11(13)16-17(12)27-8-15(19(24)28)18(23)26-20(27)25-16/h1-6,8H,(H2,24,28)(H2,23,25,26). The molecular weight excluding hydrogens is 359 g/mol. The van der Waals surface area contributed by atoms with Crippen LogP contribution in [0.1, 0.15) is 15.9 Å². The number of anilines is 1. The molecular formula is C20H11FN6O. The number of hydrogen-bond donors (Lipinski definition) is 2. The molecule has 0 spiro atoms. The molecule has 2 aromatic heterocycles. The second kappa shape index (κ2) is 5.37. The molecule has 1 amide bonds. The molecule has 0 unspecified atom stereocenters. The molecule has 8 heteroatoms. The molecule has 0 bridgehead atoms. The Balaban J connectivity index is 2.10. The first-order valence-electron chi connectivity index (χ1n) is 8.31. The fourth-order valence-corrected chi connectivity index (χ4v) is 3.61. The summed E-state index contributed by atoms with van der Waals surface area (Å²) in [6.07, 6.45) is 1.49. The summed E-state index contributed by atoms with van der Waals surface area (Å²) < 4.78 is 15.7. The summed E-state index contributed by atoms with van der Waals surface area (Å²) in [7, 11) is 0. The lowest BCUT2D eigenvalue weighted by Crippen LogP contribution is -2.15. The van der Waals surface area contributed by atoms with Crippen molar-refractivity contribution in [1.29, 1.82) is 5.26 Å². The first-order valence-corrected chi connectivity index (χ1v) is 8.31. The van der Waals surface area contributed by atoms with Gasteiger partial charge >= 0.3 is 0 Å². The summed E-state index contributed by atoms with van der Waals surface area (Å²) in [6, 6.07) is 11.7. The van der Waals surface area contributed by atoms with Crippen LogP contribution in [0, 0.1) is 17.1 Å². The number of carbonyl (C=O) groups is 1. The number of aromatic nitrogens is 3. The zero-order chi connectivity index (χ0) is 19.6. The van der Waals surface area contributed by atoms with Crippen LogP contribution in [-0.2, 0) is 0 Å². The highest BCUT2D eigenvalue weighted by atomic mass is 19.1. The molecule has 0 aliphatic heterocycles. The fourth-order valence-electron chi connectivity index (χ4n) is 3.61. The first-order chi connectivity index (χ1) is 13.5. The van der Waals surface area contributed by atoms with Gasteiger partial charge < -0.3 is 11.5 Å². The maximum Gasteiger partial charge on any atom is 0.253 e. The highest BCUT2D eigenvalue weighted by Crippen LogP contribution is 2.36. The summed E-state index contributed by atoms with van der Waals surface area (Å²) in [4.78, 5) is 20.5. The Morgan fingerprint density at radius 3 is 2.57 bits per heavy atom. The van der Waals surface area contributed by atoms with Crippen molar-refractivity contribution >= 4 is 50.1 Å². The topological polar surface area (TPSA) is 123 Å². The van der Waals surface area contributed by atoms with Crippen LogP contribution in [0.2, 0.25) is 0 Å². The maximum atomic E-state index is 14.0. The minimum absolute atomic E-state index is 0.0123. The molecule has 4 N–H and O–H groups in total. The number of nitrogens with two attached hydrogens (primary N) is 2. The second-order valence-electron chi connectivity index (χ2n) is 6.45. The molecule has 7 nitrogen and oxygen atoms in total. The molecule has 0 atom stereocenters. The van der Waals surface area contributed by atoms with Crippen LogP contribution in [0.15, 0.2) is 42.6 Å². The van der Waals surface area contributed by atoms with Gasteiger partial charge in [0.1, 0.15) is 11.6 Å². The Kier molecular flexibility index (Phi) is 3.06. The highest BCUT2D eigenvalue weighted by molar-refractivity contribution is 6.24. The van der Waals surface area contributed by atoms with Gasteiger partial charge in [0.15, 0.2) is 0 Å². The van der Waals surface area contributed by atoms with Gasteiger partial charge in [-0.25, -0.2) is 9.37 Å². The van der Waals surface area contributed by atoms with Crippen molar-refractivity contribution in [3.63, 3.8) is 0 Å². The number of primary amides is 1. The largest absolute Gasteiger partial charge is 0.383 e. The molecule has 3 aromatic carbocycles. The van der Waals surface area contributed by atoms with Gasteiger partial charge in [-0.3, -0.25) is 9.20 Å². The van der Waals surface area contributed by atoms with Gasteiger partial charge in [-0.1, -0.05) is 6.07 Å². The van der Waals surface area contributed by atoms with E-state index in [-0.39, 0.29) is 11.4 Å². The van der Waals surface area contributed by atoms with Crippen LogP contribution >= 0.6 is 0 Å². The molecule has 2 heterocycles. The summed E-state index contributed by atoms with van der Waals surface area (Å²) >= 11 is 0. The van der Waals surface area contributed by atoms with Crippen molar-refractivity contribution in [3.8, 4) is 6.07 Å². The SMILES string of the molecule is N#Cc1ccc2c(c1)c1cc(F)ccc1c1c2nc2nc(N)c(C(N)=O)cn21. The van der Waals surface area contributed by atoms with E-state index >= 15 is 0 Å². The molecule has 134 valence electrons. The normalized spacial score (nSPS) is 11.4. The summed E-state index contributed by atoms with van der Waals surface area (Å²) in [5.74, 6) is -0.824. The van der Waals surface area contributed by atoms with Gasteiger partial charge in [-0.05, 0) is 41.1 Å². The average molecular weight is 370 g/mol. The van der Waals surface area contributed by atoms with Crippen molar-refractivity contribution in [2.24, 2.45) is 5.73 Å². The van der Waals surface area contributed by atoms with Gasteiger partial charge in [0.2, 0.25) is 5.78 Å². The van der Waals surface area contributed by atoms with Crippen molar-refractivity contribution in [2.75, 3.05) is 5.73 Å². The van der Waals surface area contributed by atoms with E-state index in [1.165, 1.54) is 18.3 Å². The maximum absolute atomic E-state index is 14.0. The van der Waals surface area contributed by atoms with E-state index in [1.54, 1.807) is 28.7 Å². The third-order valence-electron chi connectivity index (χ3n) is 4.84. The minimum Gasteiger partial charge on any atom is -0.383 e. The molecule has 0 fully saturated rings. The molecule has 5 aromatic rings. The second-order valence-corrected chi connectivity index (χ2v) is 6.45. The lowest BCUT2D eigenvalue weighted by molar-refractivity contribution is 0.100. The molecule has 0 aliphatic carbocycles. The zero-order valence-corrected chi connectivity index (χ0v) is 14.3. The first kappa shape index (κ1) is 16.0. The summed E-state index contributed by atoms with van der Waals surface area (Å²) in [5.41, 5.74) is 13.0. The molecule has 0 saturated heterocycles. The van der Waals surface area contributed by atoms with E-state index < -0.39 is 11.7 Å². The van der Waals surface area contributed by atoms with Crippen LogP contribution in [0.5, 0.6) is 0 Å². The van der Waals surface area contributed by atoms with E-state index in [0.29, 0.717) is 38.5 Å². The number of benzene rings is 3.